The van der Waals surface area contributed by atoms with Gasteiger partial charge in [-0.2, -0.15) is 0 Å². The lowest BCUT2D eigenvalue weighted by Gasteiger charge is -2.23. The van der Waals surface area contributed by atoms with E-state index in [1.165, 1.54) is 59.6 Å². The normalized spacial score (nSPS) is 17.4. The largest absolute Gasteiger partial charge is 0.256 e. The summed E-state index contributed by atoms with van der Waals surface area (Å²) in [7, 11) is 0. The van der Waals surface area contributed by atoms with Crippen LogP contribution in [0.15, 0.2) is 66.9 Å². The summed E-state index contributed by atoms with van der Waals surface area (Å²) in [6, 6.07) is 22.7. The lowest BCUT2D eigenvalue weighted by atomic mass is 9.80. The zero-order chi connectivity index (χ0) is 21.1. The molecule has 1 aliphatic rings. The molecule has 0 atom stereocenters. The minimum atomic E-state index is 0.135. The molecule has 0 bridgehead atoms. The van der Waals surface area contributed by atoms with Crippen LogP contribution in [0.2, 0.25) is 0 Å². The van der Waals surface area contributed by atoms with Crippen LogP contribution in [0.5, 0.6) is 0 Å². The minimum Gasteiger partial charge on any atom is -0.256 e. The quantitative estimate of drug-likeness (QED) is 0.185. The monoisotopic (exact) mass is 399 g/mol. The molecular weight excluding hydrogens is 374 g/mol. The van der Waals surface area contributed by atoms with Crippen molar-refractivity contribution in [2.24, 2.45) is 0 Å². The van der Waals surface area contributed by atoms with Crippen molar-refractivity contribution in [2.45, 2.75) is 44.9 Å². The fourth-order valence-corrected chi connectivity index (χ4v) is 6.82. The van der Waals surface area contributed by atoms with Gasteiger partial charge in [0.2, 0.25) is 0 Å². The molecule has 1 heteroatoms. The summed E-state index contributed by atoms with van der Waals surface area (Å²) in [5.74, 6) is 0. The van der Waals surface area contributed by atoms with E-state index in [4.69, 9.17) is 4.98 Å². The molecule has 31 heavy (non-hydrogen) atoms. The average molecular weight is 400 g/mol. The van der Waals surface area contributed by atoms with Gasteiger partial charge in [0.15, 0.2) is 0 Å². The Morgan fingerprint density at radius 3 is 2.19 bits per heavy atom. The molecule has 1 heterocycles. The number of hydrogen-bond donors (Lipinski definition) is 0. The zero-order valence-corrected chi connectivity index (χ0v) is 18.5. The summed E-state index contributed by atoms with van der Waals surface area (Å²) in [6.07, 6.45) is 3.31. The van der Waals surface area contributed by atoms with E-state index in [9.17, 15) is 0 Å². The molecule has 7 rings (SSSR count). The number of nitrogens with zero attached hydrogens (tertiary/aromatic N) is 1. The van der Waals surface area contributed by atoms with Crippen LogP contribution >= 0.6 is 0 Å². The Hall–Kier alpha value is -3.19. The van der Waals surface area contributed by atoms with Gasteiger partial charge in [0.25, 0.3) is 0 Å². The van der Waals surface area contributed by atoms with E-state index in [0.717, 1.165) is 11.9 Å². The maximum atomic E-state index is 4.99. The van der Waals surface area contributed by atoms with Crippen LogP contribution in [-0.4, -0.2) is 4.98 Å². The van der Waals surface area contributed by atoms with Crippen molar-refractivity contribution in [3.8, 4) is 0 Å². The second-order valence-corrected chi connectivity index (χ2v) is 10.8. The third kappa shape index (κ3) is 2.09. The molecule has 0 spiro atoms. The molecule has 0 radical (unpaired) electrons. The molecule has 0 unspecified atom stereocenters. The topological polar surface area (TPSA) is 12.9 Å². The smallest absolute Gasteiger partial charge is 0.0717 e. The van der Waals surface area contributed by atoms with Gasteiger partial charge in [0.05, 0.1) is 5.52 Å². The van der Waals surface area contributed by atoms with Crippen LogP contribution in [-0.2, 0) is 10.8 Å². The highest BCUT2D eigenvalue weighted by Crippen LogP contribution is 2.53. The van der Waals surface area contributed by atoms with Crippen molar-refractivity contribution in [3.63, 3.8) is 0 Å². The molecule has 0 aliphatic heterocycles. The first-order chi connectivity index (χ1) is 14.9. The molecule has 0 saturated carbocycles. The van der Waals surface area contributed by atoms with Gasteiger partial charge in [-0.1, -0.05) is 76.2 Å². The molecule has 0 N–H and O–H groups in total. The van der Waals surface area contributed by atoms with Crippen LogP contribution in [0.3, 0.4) is 0 Å². The number of pyridine rings is 1. The van der Waals surface area contributed by atoms with Crippen LogP contribution in [0.25, 0.3) is 54.0 Å². The number of rotatable bonds is 0. The first kappa shape index (κ1) is 17.5. The fourth-order valence-electron chi connectivity index (χ4n) is 6.82. The van der Waals surface area contributed by atoms with E-state index in [0.29, 0.717) is 0 Å². The molecule has 6 aromatic rings. The highest BCUT2D eigenvalue weighted by Gasteiger charge is 2.43. The van der Waals surface area contributed by atoms with Crippen molar-refractivity contribution in [2.75, 3.05) is 0 Å². The van der Waals surface area contributed by atoms with Crippen molar-refractivity contribution in [1.82, 2.24) is 4.98 Å². The third-order valence-electron chi connectivity index (χ3n) is 7.75. The van der Waals surface area contributed by atoms with Gasteiger partial charge in [0, 0.05) is 11.6 Å². The number of fused-ring (bicyclic) bond motifs is 6. The van der Waals surface area contributed by atoms with E-state index in [1.54, 1.807) is 0 Å². The second-order valence-electron chi connectivity index (χ2n) is 10.8. The summed E-state index contributed by atoms with van der Waals surface area (Å²) in [5.41, 5.74) is 4.34. The maximum absolute atomic E-state index is 4.99. The molecule has 0 saturated heterocycles. The van der Waals surface area contributed by atoms with Crippen LogP contribution < -0.4 is 0 Å². The number of aromatic nitrogens is 1. The predicted molar refractivity (Wildman–Crippen MR) is 134 cm³/mol. The van der Waals surface area contributed by atoms with Gasteiger partial charge < -0.3 is 0 Å². The lowest BCUT2D eigenvalue weighted by Crippen LogP contribution is -2.18. The SMILES string of the molecule is CC1(C)CC(C)(C)c2c1cnc1cc3ccc4c5ccccc5cc5ccc(c21)c3c54. The van der Waals surface area contributed by atoms with Gasteiger partial charge in [-0.3, -0.25) is 4.98 Å². The average Bonchev–Trinajstić information content (AvgIpc) is 2.94. The Kier molecular flexibility index (Phi) is 3.01. The highest BCUT2D eigenvalue weighted by molar-refractivity contribution is 6.32. The summed E-state index contributed by atoms with van der Waals surface area (Å²) in [5, 5.41) is 12.1. The first-order valence-electron chi connectivity index (χ1n) is 11.3. The Bertz CT molecular complexity index is 1700. The Morgan fingerprint density at radius 2 is 1.35 bits per heavy atom. The summed E-state index contributed by atoms with van der Waals surface area (Å²) < 4.78 is 0. The molecule has 0 fully saturated rings. The lowest BCUT2D eigenvalue weighted by molar-refractivity contribution is 0.404. The van der Waals surface area contributed by atoms with E-state index < -0.39 is 0 Å². The zero-order valence-electron chi connectivity index (χ0n) is 18.5. The molecule has 5 aromatic carbocycles. The van der Waals surface area contributed by atoms with Crippen molar-refractivity contribution >= 4 is 54.0 Å². The van der Waals surface area contributed by atoms with Crippen molar-refractivity contribution in [3.05, 3.63) is 78.0 Å². The fraction of sp³-hybridized carbons (Fsp3) is 0.233. The van der Waals surface area contributed by atoms with Crippen LogP contribution in [0.4, 0.5) is 0 Å². The van der Waals surface area contributed by atoms with E-state index in [-0.39, 0.29) is 10.8 Å². The number of benzene rings is 5. The van der Waals surface area contributed by atoms with E-state index in [1.807, 2.05) is 0 Å². The van der Waals surface area contributed by atoms with E-state index in [2.05, 4.69) is 94.6 Å². The van der Waals surface area contributed by atoms with Gasteiger partial charge in [-0.05, 0) is 83.6 Å². The van der Waals surface area contributed by atoms with Gasteiger partial charge >= 0.3 is 0 Å². The van der Waals surface area contributed by atoms with Gasteiger partial charge in [0.1, 0.15) is 0 Å². The van der Waals surface area contributed by atoms with Crippen LogP contribution in [0, 0.1) is 0 Å². The molecule has 1 nitrogen and oxygen atoms in total. The molecule has 0 amide bonds. The van der Waals surface area contributed by atoms with Gasteiger partial charge in [-0.15, -0.1) is 0 Å². The summed E-state index contributed by atoms with van der Waals surface area (Å²) in [4.78, 5) is 4.99. The molecule has 1 aliphatic carbocycles. The predicted octanol–water partition coefficient (Wildman–Crippen LogP) is 8.24. The molecule has 1 aromatic heterocycles. The second kappa shape index (κ2) is 5.34. The molecule has 150 valence electrons. The van der Waals surface area contributed by atoms with Gasteiger partial charge in [-0.25, -0.2) is 0 Å². The Labute approximate surface area is 182 Å². The van der Waals surface area contributed by atoms with Crippen molar-refractivity contribution in [1.29, 1.82) is 0 Å². The van der Waals surface area contributed by atoms with Crippen LogP contribution in [0.1, 0.15) is 45.2 Å². The Balaban J connectivity index is 1.77. The number of hydrogen-bond acceptors (Lipinski definition) is 1. The standard InChI is InChI=1S/C30H25N/c1-29(2)16-30(3,4)28-23(29)15-31-24-14-19-9-11-21-20-8-6-5-7-17(20)13-18-10-12-22(27(24)28)26(19)25(18)21/h5-15H,16H2,1-4H3. The van der Waals surface area contributed by atoms with Crippen molar-refractivity contribution < 1.29 is 0 Å². The highest BCUT2D eigenvalue weighted by atomic mass is 14.7. The Morgan fingerprint density at radius 1 is 0.645 bits per heavy atom. The minimum absolute atomic E-state index is 0.135. The maximum Gasteiger partial charge on any atom is 0.0717 e. The third-order valence-corrected chi connectivity index (χ3v) is 7.75. The molecular formula is C30H25N. The first-order valence-corrected chi connectivity index (χ1v) is 11.3. The van der Waals surface area contributed by atoms with E-state index >= 15 is 0 Å². The summed E-state index contributed by atoms with van der Waals surface area (Å²) >= 11 is 0. The summed E-state index contributed by atoms with van der Waals surface area (Å²) in [6.45, 7) is 9.56.